The summed E-state index contributed by atoms with van der Waals surface area (Å²) in [6.45, 7) is 0. The van der Waals surface area contributed by atoms with Crippen molar-refractivity contribution in [3.05, 3.63) is 35.4 Å². The van der Waals surface area contributed by atoms with Gasteiger partial charge in [-0.1, -0.05) is 0 Å². The van der Waals surface area contributed by atoms with Crippen LogP contribution >= 0.6 is 0 Å². The van der Waals surface area contributed by atoms with Crippen LogP contribution in [0.25, 0.3) is 0 Å². The molecule has 0 saturated heterocycles. The fourth-order valence-corrected chi connectivity index (χ4v) is 1.28. The average molecular weight is 246 g/mol. The van der Waals surface area contributed by atoms with Crippen LogP contribution in [0.5, 0.6) is 0 Å². The lowest BCUT2D eigenvalue weighted by Crippen LogP contribution is -2.14. The van der Waals surface area contributed by atoms with Crippen LogP contribution in [0.1, 0.15) is 16.2 Å². The van der Waals surface area contributed by atoms with E-state index in [1.807, 2.05) is 0 Å². The topological polar surface area (TPSA) is 120 Å². The third-order valence-electron chi connectivity index (χ3n) is 2.07. The van der Waals surface area contributed by atoms with E-state index in [2.05, 4.69) is 20.5 Å². The number of carbonyl (C=O) groups is 1. The molecular formula is C10H7FN6O. The molecule has 8 heteroatoms. The van der Waals surface area contributed by atoms with Gasteiger partial charge in [0.25, 0.3) is 5.91 Å². The van der Waals surface area contributed by atoms with Crippen LogP contribution in [-0.2, 0) is 0 Å². The van der Waals surface area contributed by atoms with Crippen LogP contribution in [0.4, 0.5) is 16.0 Å². The maximum atomic E-state index is 12.9. The molecule has 0 aliphatic heterocycles. The predicted molar refractivity (Wildman–Crippen MR) is 59.9 cm³/mol. The number of carbonyl (C=O) groups excluding carboxylic acids is 1. The first-order valence-electron chi connectivity index (χ1n) is 4.79. The van der Waals surface area contributed by atoms with Gasteiger partial charge in [-0.2, -0.15) is 10.2 Å². The highest BCUT2D eigenvalue weighted by Gasteiger charge is 2.13. The van der Waals surface area contributed by atoms with Crippen molar-refractivity contribution in [1.82, 2.24) is 15.2 Å². The maximum Gasteiger partial charge on any atom is 0.293 e. The number of nitrogen functional groups attached to an aromatic ring is 1. The lowest BCUT2D eigenvalue weighted by atomic mass is 10.2. The Labute approximate surface area is 100 Å². The smallest absolute Gasteiger partial charge is 0.293 e. The lowest BCUT2D eigenvalue weighted by molar-refractivity contribution is 0.101. The van der Waals surface area contributed by atoms with Gasteiger partial charge in [-0.25, -0.2) is 4.39 Å². The van der Waals surface area contributed by atoms with Crippen molar-refractivity contribution in [2.75, 3.05) is 11.1 Å². The number of H-pyrrole nitrogens is 1. The molecular weight excluding hydrogens is 239 g/mol. The number of halogens is 1. The van der Waals surface area contributed by atoms with Gasteiger partial charge in [0.15, 0.2) is 0 Å². The van der Waals surface area contributed by atoms with Crippen molar-refractivity contribution in [3.63, 3.8) is 0 Å². The van der Waals surface area contributed by atoms with E-state index in [1.165, 1.54) is 6.07 Å². The third-order valence-corrected chi connectivity index (χ3v) is 2.07. The standard InChI is InChI=1S/C10H7FN6O/c11-6-1-2-7(5(3-6)4-12)14-9(18)8-15-10(13)17-16-8/h1-3H,(H,14,18)(H3,13,15,16,17). The highest BCUT2D eigenvalue weighted by Crippen LogP contribution is 2.16. The Hall–Kier alpha value is -2.95. The van der Waals surface area contributed by atoms with Gasteiger partial charge >= 0.3 is 0 Å². The fourth-order valence-electron chi connectivity index (χ4n) is 1.28. The van der Waals surface area contributed by atoms with Gasteiger partial charge in [0.1, 0.15) is 11.9 Å². The molecule has 0 aliphatic carbocycles. The number of aromatic nitrogens is 3. The number of benzene rings is 1. The summed E-state index contributed by atoms with van der Waals surface area (Å²) in [7, 11) is 0. The van der Waals surface area contributed by atoms with Crippen molar-refractivity contribution >= 4 is 17.5 Å². The average Bonchev–Trinajstić information content (AvgIpc) is 2.78. The lowest BCUT2D eigenvalue weighted by Gasteiger charge is -2.04. The number of nitrogens with one attached hydrogen (secondary N) is 2. The van der Waals surface area contributed by atoms with Crippen LogP contribution in [-0.4, -0.2) is 21.1 Å². The second-order valence-corrected chi connectivity index (χ2v) is 3.30. The van der Waals surface area contributed by atoms with E-state index in [9.17, 15) is 9.18 Å². The second-order valence-electron chi connectivity index (χ2n) is 3.30. The number of anilines is 2. The van der Waals surface area contributed by atoms with Crippen molar-refractivity contribution in [1.29, 1.82) is 5.26 Å². The molecule has 0 bridgehead atoms. The zero-order valence-corrected chi connectivity index (χ0v) is 8.94. The molecule has 4 N–H and O–H groups in total. The number of nitrogens with two attached hydrogens (primary N) is 1. The number of nitrogens with zero attached hydrogens (tertiary/aromatic N) is 3. The first-order chi connectivity index (χ1) is 8.60. The van der Waals surface area contributed by atoms with Gasteiger partial charge in [0.05, 0.1) is 11.3 Å². The Bertz CT molecular complexity index is 644. The monoisotopic (exact) mass is 246 g/mol. The van der Waals surface area contributed by atoms with Crippen LogP contribution in [0.15, 0.2) is 18.2 Å². The Morgan fingerprint density at radius 3 is 2.94 bits per heavy atom. The number of aromatic amines is 1. The molecule has 90 valence electrons. The molecule has 2 rings (SSSR count). The Kier molecular flexibility index (Phi) is 2.89. The maximum absolute atomic E-state index is 12.9. The zero-order chi connectivity index (χ0) is 13.1. The molecule has 0 spiro atoms. The van der Waals surface area contributed by atoms with Gasteiger partial charge in [-0.05, 0) is 18.2 Å². The van der Waals surface area contributed by atoms with Crippen molar-refractivity contribution in [3.8, 4) is 6.07 Å². The molecule has 0 radical (unpaired) electrons. The van der Waals surface area contributed by atoms with Crippen LogP contribution in [0.2, 0.25) is 0 Å². The summed E-state index contributed by atoms with van der Waals surface area (Å²) in [5, 5.41) is 17.0. The molecule has 0 fully saturated rings. The molecule has 1 aromatic carbocycles. The highest BCUT2D eigenvalue weighted by molar-refractivity contribution is 6.02. The van der Waals surface area contributed by atoms with E-state index in [0.717, 1.165) is 12.1 Å². The first kappa shape index (κ1) is 11.5. The van der Waals surface area contributed by atoms with E-state index in [1.54, 1.807) is 6.07 Å². The predicted octanol–water partition coefficient (Wildman–Crippen LogP) is 0.650. The number of amides is 1. The molecule has 0 saturated carbocycles. The molecule has 7 nitrogen and oxygen atoms in total. The minimum Gasteiger partial charge on any atom is -0.366 e. The Morgan fingerprint density at radius 2 is 2.33 bits per heavy atom. The molecule has 1 amide bonds. The summed E-state index contributed by atoms with van der Waals surface area (Å²) in [5.41, 5.74) is 5.44. The van der Waals surface area contributed by atoms with E-state index in [-0.39, 0.29) is 23.0 Å². The second kappa shape index (κ2) is 4.50. The molecule has 0 aliphatic rings. The van der Waals surface area contributed by atoms with Crippen molar-refractivity contribution in [2.45, 2.75) is 0 Å². The quantitative estimate of drug-likeness (QED) is 0.718. The zero-order valence-electron chi connectivity index (χ0n) is 8.94. The SMILES string of the molecule is N#Cc1cc(F)ccc1NC(=O)c1nc(N)n[nH]1. The molecule has 1 aromatic heterocycles. The van der Waals surface area contributed by atoms with Gasteiger partial charge in [0.2, 0.25) is 11.8 Å². The molecule has 0 atom stereocenters. The Balaban J connectivity index is 2.25. The summed E-state index contributed by atoms with van der Waals surface area (Å²) < 4.78 is 12.9. The number of rotatable bonds is 2. The molecule has 2 aromatic rings. The minimum atomic E-state index is -0.623. The largest absolute Gasteiger partial charge is 0.366 e. The van der Waals surface area contributed by atoms with Crippen molar-refractivity contribution < 1.29 is 9.18 Å². The van der Waals surface area contributed by atoms with Crippen LogP contribution in [0, 0.1) is 17.1 Å². The fraction of sp³-hybridized carbons (Fsp3) is 0. The summed E-state index contributed by atoms with van der Waals surface area (Å²) in [5.74, 6) is -1.35. The van der Waals surface area contributed by atoms with Gasteiger partial charge in [-0.3, -0.25) is 9.89 Å². The molecule has 0 unspecified atom stereocenters. The highest BCUT2D eigenvalue weighted by atomic mass is 19.1. The number of nitriles is 1. The van der Waals surface area contributed by atoms with Crippen molar-refractivity contribution in [2.24, 2.45) is 0 Å². The van der Waals surface area contributed by atoms with Gasteiger partial charge in [0, 0.05) is 0 Å². The molecule has 1 heterocycles. The van der Waals surface area contributed by atoms with E-state index in [0.29, 0.717) is 0 Å². The third kappa shape index (κ3) is 2.25. The normalized spacial score (nSPS) is 9.78. The summed E-state index contributed by atoms with van der Waals surface area (Å²) in [6.07, 6.45) is 0. The number of hydrogen-bond donors (Lipinski definition) is 3. The Morgan fingerprint density at radius 1 is 1.56 bits per heavy atom. The number of hydrogen-bond acceptors (Lipinski definition) is 5. The van der Waals surface area contributed by atoms with Gasteiger partial charge < -0.3 is 11.1 Å². The van der Waals surface area contributed by atoms with E-state index in [4.69, 9.17) is 11.0 Å². The first-order valence-corrected chi connectivity index (χ1v) is 4.79. The molecule has 18 heavy (non-hydrogen) atoms. The minimum absolute atomic E-state index is 0.0100. The van der Waals surface area contributed by atoms with Crippen LogP contribution in [0.3, 0.4) is 0 Å². The van der Waals surface area contributed by atoms with E-state index < -0.39 is 11.7 Å². The van der Waals surface area contributed by atoms with E-state index >= 15 is 0 Å². The summed E-state index contributed by atoms with van der Waals surface area (Å²) in [6, 6.07) is 5.20. The van der Waals surface area contributed by atoms with Crippen LogP contribution < -0.4 is 11.1 Å². The summed E-state index contributed by atoms with van der Waals surface area (Å²) in [4.78, 5) is 15.3. The summed E-state index contributed by atoms with van der Waals surface area (Å²) >= 11 is 0. The van der Waals surface area contributed by atoms with Gasteiger partial charge in [-0.15, -0.1) is 5.10 Å².